The SMILES string of the molecule is CO.COC(=O)c1ccc(C(=O)OC)c(S(=N)(=O)N[Si](C)(C)C(C)(C)C)c1.COC(=O)c1ccc2c(c1)S(N)(=O)=NC2=O. The van der Waals surface area contributed by atoms with E-state index in [2.05, 4.69) is 18.2 Å². The van der Waals surface area contributed by atoms with Gasteiger partial charge in [0.05, 0.1) is 53.4 Å². The number of aliphatic hydroxyl groups excluding tert-OH is 1. The highest BCUT2D eigenvalue weighted by atomic mass is 32.2. The zero-order chi connectivity index (χ0) is 33.6. The number of benzene rings is 2. The van der Waals surface area contributed by atoms with Crippen LogP contribution in [0.4, 0.5) is 0 Å². The fourth-order valence-electron chi connectivity index (χ4n) is 3.26. The third kappa shape index (κ3) is 8.77. The van der Waals surface area contributed by atoms with Crippen LogP contribution in [0.5, 0.6) is 0 Å². The van der Waals surface area contributed by atoms with Gasteiger partial charge in [0.15, 0.2) is 0 Å². The van der Waals surface area contributed by atoms with Gasteiger partial charge in [-0.15, -0.1) is 4.36 Å². The quantitative estimate of drug-likeness (QED) is 0.201. The third-order valence-electron chi connectivity index (χ3n) is 6.56. The second kappa shape index (κ2) is 14.3. The molecule has 0 fully saturated rings. The molecule has 0 radical (unpaired) electrons. The summed E-state index contributed by atoms with van der Waals surface area (Å²) in [5.41, 5.74) is 0.452. The van der Waals surface area contributed by atoms with E-state index in [0.29, 0.717) is 0 Å². The lowest BCUT2D eigenvalue weighted by Crippen LogP contribution is -2.54. The number of ether oxygens (including phenoxy) is 3. The highest BCUT2D eigenvalue weighted by Crippen LogP contribution is 2.35. The molecule has 2 aromatic rings. The van der Waals surface area contributed by atoms with Gasteiger partial charge >= 0.3 is 17.9 Å². The van der Waals surface area contributed by atoms with Gasteiger partial charge in [0.2, 0.25) is 0 Å². The molecule has 17 heteroatoms. The normalized spacial score (nSPS) is 17.0. The molecule has 14 nitrogen and oxygen atoms in total. The molecule has 0 aliphatic carbocycles. The lowest BCUT2D eigenvalue weighted by Gasteiger charge is -2.37. The van der Waals surface area contributed by atoms with Crippen molar-refractivity contribution < 1.29 is 46.9 Å². The van der Waals surface area contributed by atoms with Crippen molar-refractivity contribution in [1.29, 1.82) is 4.78 Å². The van der Waals surface area contributed by atoms with Crippen molar-refractivity contribution >= 4 is 51.9 Å². The van der Waals surface area contributed by atoms with Gasteiger partial charge in [0, 0.05) is 7.11 Å². The molecular formula is C26H38N4O10S2Si. The number of fused-ring (bicyclic) bond motifs is 1. The molecule has 2 aromatic carbocycles. The molecule has 1 amide bonds. The summed E-state index contributed by atoms with van der Waals surface area (Å²) in [5.74, 6) is -2.57. The molecule has 238 valence electrons. The molecule has 1 aliphatic heterocycles. The number of methoxy groups -OCH3 is 3. The molecule has 0 saturated carbocycles. The van der Waals surface area contributed by atoms with Crippen molar-refractivity contribution in [2.24, 2.45) is 9.50 Å². The van der Waals surface area contributed by atoms with E-state index in [9.17, 15) is 27.6 Å². The van der Waals surface area contributed by atoms with Crippen molar-refractivity contribution in [3.8, 4) is 0 Å². The zero-order valence-electron chi connectivity index (χ0n) is 25.4. The lowest BCUT2D eigenvalue weighted by atomic mass is 10.1. The number of carbonyl (C=O) groups is 4. The highest BCUT2D eigenvalue weighted by Gasteiger charge is 2.39. The van der Waals surface area contributed by atoms with E-state index in [0.717, 1.165) is 7.11 Å². The minimum atomic E-state index is -3.55. The maximum atomic E-state index is 13.2. The van der Waals surface area contributed by atoms with E-state index in [1.165, 1.54) is 57.7 Å². The topological polar surface area (TPSA) is 225 Å². The maximum Gasteiger partial charge on any atom is 0.339 e. The molecule has 5 N–H and O–H groups in total. The van der Waals surface area contributed by atoms with Crippen molar-refractivity contribution in [2.75, 3.05) is 28.4 Å². The van der Waals surface area contributed by atoms with Crippen molar-refractivity contribution in [1.82, 2.24) is 4.39 Å². The third-order valence-corrected chi connectivity index (χ3v) is 15.9. The number of hydrogen-bond acceptors (Lipinski definition) is 11. The van der Waals surface area contributed by atoms with E-state index in [1.54, 1.807) is 0 Å². The van der Waals surface area contributed by atoms with Crippen LogP contribution in [0.1, 0.15) is 62.2 Å². The Kier molecular flexibility index (Phi) is 12.5. The van der Waals surface area contributed by atoms with E-state index in [-0.39, 0.29) is 37.1 Å². The summed E-state index contributed by atoms with van der Waals surface area (Å²) in [6, 6.07) is 8.01. The fraction of sp³-hybridized carbons (Fsp3) is 0.385. The van der Waals surface area contributed by atoms with Gasteiger partial charge < -0.3 is 19.3 Å². The van der Waals surface area contributed by atoms with Crippen LogP contribution in [0.2, 0.25) is 18.1 Å². The van der Waals surface area contributed by atoms with Crippen LogP contribution in [-0.2, 0) is 34.0 Å². The summed E-state index contributed by atoms with van der Waals surface area (Å²) >= 11 is 0. The summed E-state index contributed by atoms with van der Waals surface area (Å²) in [5, 5.41) is 12.2. The summed E-state index contributed by atoms with van der Waals surface area (Å²) < 4.78 is 53.5. The van der Waals surface area contributed by atoms with Gasteiger partial charge in [-0.25, -0.2) is 37.1 Å². The molecule has 0 aromatic heterocycles. The Morgan fingerprint density at radius 3 is 1.88 bits per heavy atom. The monoisotopic (exact) mass is 658 g/mol. The maximum absolute atomic E-state index is 13.2. The second-order valence-electron chi connectivity index (χ2n) is 10.4. The number of carbonyl (C=O) groups excluding carboxylic acids is 4. The number of rotatable bonds is 6. The van der Waals surface area contributed by atoms with Crippen LogP contribution in [0, 0.1) is 4.78 Å². The van der Waals surface area contributed by atoms with Crippen LogP contribution >= 0.6 is 0 Å². The summed E-state index contributed by atoms with van der Waals surface area (Å²) in [6.07, 6.45) is 0. The molecule has 1 aliphatic rings. The number of nitrogens with zero attached hydrogens (tertiary/aromatic N) is 1. The van der Waals surface area contributed by atoms with Gasteiger partial charge in [0.1, 0.15) is 28.1 Å². The molecule has 0 spiro atoms. The Morgan fingerprint density at radius 2 is 1.42 bits per heavy atom. The predicted molar refractivity (Wildman–Crippen MR) is 162 cm³/mol. The molecule has 3 rings (SSSR count). The molecule has 0 saturated heterocycles. The van der Waals surface area contributed by atoms with Crippen LogP contribution in [0.25, 0.3) is 0 Å². The number of amides is 1. The first-order valence-electron chi connectivity index (χ1n) is 12.4. The number of nitrogens with two attached hydrogens (primary N) is 1. The standard InChI is InChI=1S/C16H26N2O5SSi.C9H8N2O4S.CH4O/c1-16(2,3)25(6,7)18-24(17,21)13-10-11(14(19)22-4)8-9-12(13)15(20)23-5;1-15-9(13)5-2-3-6-7(4-5)16(10,14)11-8(6)12;1-2/h8-10H,1-7H3,(H2,17,18,21);2-4H,1H3,(H2,10,11,12,14);2H,1H3. The van der Waals surface area contributed by atoms with Crippen molar-refractivity contribution in [2.45, 2.75) is 48.7 Å². The smallest absolute Gasteiger partial charge is 0.339 e. The number of esters is 3. The minimum absolute atomic E-state index is 0.0126. The second-order valence-corrected chi connectivity index (χ2v) is 19.3. The molecule has 2 atom stereocenters. The van der Waals surface area contributed by atoms with Crippen LogP contribution in [-0.4, -0.2) is 74.0 Å². The van der Waals surface area contributed by atoms with Crippen LogP contribution in [0.15, 0.2) is 50.6 Å². The van der Waals surface area contributed by atoms with Crippen LogP contribution in [0.3, 0.4) is 0 Å². The van der Waals surface area contributed by atoms with Gasteiger partial charge in [-0.2, -0.15) is 0 Å². The van der Waals surface area contributed by atoms with Crippen molar-refractivity contribution in [3.63, 3.8) is 0 Å². The molecule has 43 heavy (non-hydrogen) atoms. The van der Waals surface area contributed by atoms with Gasteiger partial charge in [-0.05, 0) is 41.4 Å². The fourth-order valence-corrected chi connectivity index (χ4v) is 9.76. The zero-order valence-corrected chi connectivity index (χ0v) is 28.1. The molecule has 0 bridgehead atoms. The van der Waals surface area contributed by atoms with E-state index >= 15 is 0 Å². The largest absolute Gasteiger partial charge is 0.465 e. The first-order valence-corrected chi connectivity index (χ1v) is 18.5. The average molecular weight is 659 g/mol. The molecular weight excluding hydrogens is 621 g/mol. The Hall–Kier alpha value is -3.48. The Morgan fingerprint density at radius 1 is 0.953 bits per heavy atom. The Bertz CT molecular complexity index is 1640. The highest BCUT2D eigenvalue weighted by molar-refractivity contribution is 7.92. The number of hydrogen-bond donors (Lipinski definition) is 4. The Balaban J connectivity index is 0.000000439. The summed E-state index contributed by atoms with van der Waals surface area (Å²) in [7, 11) is -4.42. The van der Waals surface area contributed by atoms with E-state index in [4.69, 9.17) is 19.8 Å². The summed E-state index contributed by atoms with van der Waals surface area (Å²) in [6.45, 7) is 9.95. The first kappa shape index (κ1) is 37.5. The first-order chi connectivity index (χ1) is 19.7. The van der Waals surface area contributed by atoms with Gasteiger partial charge in [-0.1, -0.05) is 33.9 Å². The molecule has 1 heterocycles. The van der Waals surface area contributed by atoms with E-state index < -0.39 is 51.9 Å². The lowest BCUT2D eigenvalue weighted by molar-refractivity contribution is 0.0583. The van der Waals surface area contributed by atoms with Crippen molar-refractivity contribution in [3.05, 3.63) is 58.7 Å². The number of aliphatic hydroxyl groups is 1. The van der Waals surface area contributed by atoms with Crippen LogP contribution < -0.4 is 9.53 Å². The predicted octanol–water partition coefficient (Wildman–Crippen LogP) is 3.11. The average Bonchev–Trinajstić information content (AvgIpc) is 3.18. The minimum Gasteiger partial charge on any atom is -0.465 e. The Labute approximate surface area is 252 Å². The number of nitrogens with one attached hydrogen (secondary N) is 2. The van der Waals surface area contributed by atoms with E-state index in [1.807, 2.05) is 33.9 Å². The van der Waals surface area contributed by atoms with Gasteiger partial charge in [-0.3, -0.25) is 4.79 Å². The molecule has 2 unspecified atom stereocenters. The van der Waals surface area contributed by atoms with Gasteiger partial charge in [0.25, 0.3) is 5.91 Å². The summed E-state index contributed by atoms with van der Waals surface area (Å²) in [4.78, 5) is 46.3.